The number of anilines is 1. The molecule has 38 heavy (non-hydrogen) atoms. The summed E-state index contributed by atoms with van der Waals surface area (Å²) in [5.74, 6) is -0.213. The van der Waals surface area contributed by atoms with Crippen LogP contribution in [0.25, 0.3) is 33.4 Å². The second-order valence-corrected chi connectivity index (χ2v) is 9.75. The van der Waals surface area contributed by atoms with Crippen LogP contribution in [0, 0.1) is 5.82 Å². The topological polar surface area (TPSA) is 104 Å². The van der Waals surface area contributed by atoms with E-state index >= 15 is 4.39 Å². The molecule has 0 aliphatic carbocycles. The minimum atomic E-state index is -0.632. The van der Waals surface area contributed by atoms with Crippen molar-refractivity contribution >= 4 is 22.6 Å². The van der Waals surface area contributed by atoms with Crippen molar-refractivity contribution in [2.24, 2.45) is 0 Å². The van der Waals surface area contributed by atoms with Crippen molar-refractivity contribution in [1.82, 2.24) is 29.9 Å². The molecule has 9 nitrogen and oxygen atoms in total. The number of para-hydroxylation sites is 1. The average Bonchev–Trinajstić information content (AvgIpc) is 3.36. The zero-order chi connectivity index (χ0) is 26.8. The Balaban J connectivity index is 1.44. The summed E-state index contributed by atoms with van der Waals surface area (Å²) in [4.78, 5) is 24.1. The number of piperazine rings is 1. The second-order valence-electron chi connectivity index (χ2n) is 9.75. The lowest BCUT2D eigenvalue weighted by Gasteiger charge is -2.35. The Hall–Kier alpha value is -4.02. The van der Waals surface area contributed by atoms with Gasteiger partial charge in [-0.1, -0.05) is 12.1 Å². The number of ether oxygens (including phenoxy) is 1. The fourth-order valence-corrected chi connectivity index (χ4v) is 4.75. The number of fused-ring (bicyclic) bond motifs is 1. The van der Waals surface area contributed by atoms with Gasteiger partial charge in [0.05, 0.1) is 18.4 Å². The van der Waals surface area contributed by atoms with Crippen molar-refractivity contribution in [3.63, 3.8) is 0 Å². The Morgan fingerprint density at radius 1 is 1.13 bits per heavy atom. The summed E-state index contributed by atoms with van der Waals surface area (Å²) in [6.07, 6.45) is 1.63. The molecule has 198 valence electrons. The Morgan fingerprint density at radius 3 is 2.63 bits per heavy atom. The first-order chi connectivity index (χ1) is 18.4. The van der Waals surface area contributed by atoms with Crippen LogP contribution in [-0.2, 0) is 0 Å². The summed E-state index contributed by atoms with van der Waals surface area (Å²) >= 11 is 0. The van der Waals surface area contributed by atoms with Crippen LogP contribution in [0.4, 0.5) is 10.1 Å². The third-order valence-corrected chi connectivity index (χ3v) is 6.99. The quantitative estimate of drug-likeness (QED) is 0.363. The van der Waals surface area contributed by atoms with Crippen molar-refractivity contribution in [2.45, 2.75) is 0 Å². The number of nitrogens with two attached hydrogens (primary N) is 1. The molecule has 3 heterocycles. The van der Waals surface area contributed by atoms with Gasteiger partial charge in [-0.25, -0.2) is 9.37 Å². The van der Waals surface area contributed by atoms with E-state index in [2.05, 4.69) is 25.0 Å². The maximum atomic E-state index is 15.0. The third kappa shape index (κ3) is 5.05. The number of amides is 1. The predicted octanol–water partition coefficient (Wildman–Crippen LogP) is 3.34. The van der Waals surface area contributed by atoms with E-state index in [4.69, 9.17) is 10.5 Å². The Labute approximate surface area is 221 Å². The summed E-state index contributed by atoms with van der Waals surface area (Å²) in [6.45, 7) is 4.59. The number of carbonyl (C=O) groups excluding carboxylic acids is 1. The molecule has 2 aromatic heterocycles. The fourth-order valence-electron chi connectivity index (χ4n) is 4.75. The van der Waals surface area contributed by atoms with E-state index in [-0.39, 0.29) is 17.2 Å². The molecule has 10 heteroatoms. The molecule has 1 aliphatic heterocycles. The minimum absolute atomic E-state index is 0.138. The maximum Gasteiger partial charge on any atom is 0.256 e. The summed E-state index contributed by atoms with van der Waals surface area (Å²) < 4.78 is 20.5. The van der Waals surface area contributed by atoms with Crippen LogP contribution < -0.4 is 10.5 Å². The fraction of sp³-hybridized carbons (Fsp3) is 0.321. The number of aromatic nitrogens is 3. The van der Waals surface area contributed by atoms with Crippen molar-refractivity contribution in [2.75, 3.05) is 66.2 Å². The Bertz CT molecular complexity index is 1460. The number of nitrogens with zero attached hydrogens (tertiary/aromatic N) is 5. The lowest BCUT2D eigenvalue weighted by atomic mass is 10.00. The van der Waals surface area contributed by atoms with Gasteiger partial charge < -0.3 is 20.3 Å². The number of aromatic amines is 1. The molecular formula is C28H32FN7O2. The van der Waals surface area contributed by atoms with E-state index in [9.17, 15) is 4.79 Å². The SMILES string of the molecule is COc1ccccc1-c1n[nH]c2ncc(-c3cc(F)c(N)c(C(=O)N4CCN(CCN(C)C)CC4)c3)cc12. The van der Waals surface area contributed by atoms with E-state index in [0.717, 1.165) is 37.1 Å². The molecule has 0 unspecified atom stereocenters. The Kier molecular flexibility index (Phi) is 7.26. The predicted molar refractivity (Wildman–Crippen MR) is 147 cm³/mol. The Morgan fingerprint density at radius 2 is 1.89 bits per heavy atom. The number of pyridine rings is 1. The molecular weight excluding hydrogens is 485 g/mol. The minimum Gasteiger partial charge on any atom is -0.496 e. The number of nitrogen functional groups attached to an aromatic ring is 1. The first kappa shape index (κ1) is 25.6. The summed E-state index contributed by atoms with van der Waals surface area (Å²) in [6, 6.07) is 12.5. The van der Waals surface area contributed by atoms with Gasteiger partial charge >= 0.3 is 0 Å². The van der Waals surface area contributed by atoms with Gasteiger partial charge in [0.2, 0.25) is 0 Å². The molecule has 1 saturated heterocycles. The van der Waals surface area contributed by atoms with Crippen LogP contribution in [0.3, 0.4) is 0 Å². The van der Waals surface area contributed by atoms with Gasteiger partial charge in [-0.05, 0) is 50.0 Å². The number of hydrogen-bond acceptors (Lipinski definition) is 7. The lowest BCUT2D eigenvalue weighted by molar-refractivity contribution is 0.0630. The highest BCUT2D eigenvalue weighted by atomic mass is 19.1. The standard InChI is InChI=1S/C28H32FN7O2/c1-34(2)8-9-35-10-12-36(13-11-35)28(37)21-14-18(16-23(29)25(21)30)19-15-22-26(32-33-27(22)31-17-19)20-6-4-5-7-24(20)38-3/h4-7,14-17H,8-13,30H2,1-3H3,(H,31,32,33). The molecule has 1 aliphatic rings. The molecule has 0 radical (unpaired) electrons. The van der Waals surface area contributed by atoms with E-state index in [1.54, 1.807) is 24.3 Å². The van der Waals surface area contributed by atoms with Crippen LogP contribution in [0.15, 0.2) is 48.7 Å². The summed E-state index contributed by atoms with van der Waals surface area (Å²) in [5.41, 5.74) is 9.34. The van der Waals surface area contributed by atoms with Gasteiger partial charge in [0.15, 0.2) is 5.65 Å². The van der Waals surface area contributed by atoms with E-state index < -0.39 is 5.82 Å². The van der Waals surface area contributed by atoms with Gasteiger partial charge in [0.1, 0.15) is 17.3 Å². The van der Waals surface area contributed by atoms with Gasteiger partial charge in [0.25, 0.3) is 5.91 Å². The van der Waals surface area contributed by atoms with Crippen LogP contribution in [0.5, 0.6) is 5.75 Å². The third-order valence-electron chi connectivity index (χ3n) is 6.99. The van der Waals surface area contributed by atoms with Gasteiger partial charge in [-0.15, -0.1) is 0 Å². The zero-order valence-corrected chi connectivity index (χ0v) is 21.9. The first-order valence-electron chi connectivity index (χ1n) is 12.6. The molecule has 0 spiro atoms. The number of methoxy groups -OCH3 is 1. The number of hydrogen-bond donors (Lipinski definition) is 2. The summed E-state index contributed by atoms with van der Waals surface area (Å²) in [5, 5.41) is 8.15. The van der Waals surface area contributed by atoms with E-state index in [1.165, 1.54) is 6.07 Å². The number of likely N-dealkylation sites (N-methyl/N-ethyl adjacent to an activating group) is 1. The molecule has 1 fully saturated rings. The normalized spacial score (nSPS) is 14.4. The zero-order valence-electron chi connectivity index (χ0n) is 21.9. The van der Waals surface area contributed by atoms with Gasteiger partial charge in [0, 0.05) is 62.0 Å². The van der Waals surface area contributed by atoms with E-state index in [1.807, 2.05) is 44.4 Å². The number of rotatable bonds is 7. The maximum absolute atomic E-state index is 15.0. The van der Waals surface area contributed by atoms with E-state index in [0.29, 0.717) is 41.3 Å². The van der Waals surface area contributed by atoms with Crippen LogP contribution in [0.1, 0.15) is 10.4 Å². The van der Waals surface area contributed by atoms with Crippen molar-refractivity contribution in [3.8, 4) is 28.1 Å². The smallest absolute Gasteiger partial charge is 0.256 e. The van der Waals surface area contributed by atoms with Crippen LogP contribution in [-0.4, -0.2) is 96.3 Å². The van der Waals surface area contributed by atoms with Crippen molar-refractivity contribution in [3.05, 3.63) is 60.0 Å². The highest BCUT2D eigenvalue weighted by molar-refractivity contribution is 6.01. The van der Waals surface area contributed by atoms with Crippen LogP contribution >= 0.6 is 0 Å². The summed E-state index contributed by atoms with van der Waals surface area (Å²) in [7, 11) is 5.70. The molecule has 0 atom stereocenters. The highest BCUT2D eigenvalue weighted by Crippen LogP contribution is 2.35. The van der Waals surface area contributed by atoms with Crippen molar-refractivity contribution in [1.29, 1.82) is 0 Å². The number of carbonyl (C=O) groups is 1. The first-order valence-corrected chi connectivity index (χ1v) is 12.6. The molecule has 2 aromatic carbocycles. The molecule has 5 rings (SSSR count). The molecule has 3 N–H and O–H groups in total. The largest absolute Gasteiger partial charge is 0.496 e. The molecule has 1 amide bonds. The highest BCUT2D eigenvalue weighted by Gasteiger charge is 2.25. The number of H-pyrrole nitrogens is 1. The van der Waals surface area contributed by atoms with Crippen molar-refractivity contribution < 1.29 is 13.9 Å². The number of nitrogens with one attached hydrogen (secondary N) is 1. The average molecular weight is 518 g/mol. The van der Waals surface area contributed by atoms with Gasteiger partial charge in [-0.2, -0.15) is 5.10 Å². The van der Waals surface area contributed by atoms with Gasteiger partial charge in [-0.3, -0.25) is 14.8 Å². The number of benzene rings is 2. The molecule has 0 saturated carbocycles. The monoisotopic (exact) mass is 517 g/mol. The number of halogens is 1. The van der Waals surface area contributed by atoms with Crippen LogP contribution in [0.2, 0.25) is 0 Å². The lowest BCUT2D eigenvalue weighted by Crippen LogP contribution is -2.50. The molecule has 0 bridgehead atoms. The second kappa shape index (κ2) is 10.8. The molecule has 4 aromatic rings.